The summed E-state index contributed by atoms with van der Waals surface area (Å²) in [5.74, 6) is -0.265. The summed E-state index contributed by atoms with van der Waals surface area (Å²) in [4.78, 5) is 21.5. The Labute approximate surface area is 104 Å². The molecule has 0 aliphatic carbocycles. The molecule has 0 aliphatic rings. The molecular formula is C13H10N4O. The summed E-state index contributed by atoms with van der Waals surface area (Å²) in [6, 6.07) is 8.47. The Kier molecular flexibility index (Phi) is 3.30. The molecule has 0 aliphatic heterocycles. The number of nitrogens with zero attached hydrogens (tertiary/aromatic N) is 4. The largest absolute Gasteiger partial charge is 0.310 e. The molecule has 0 fully saturated rings. The topological polar surface area (TPSA) is 69.9 Å². The number of amides is 1. The van der Waals surface area contributed by atoms with E-state index in [0.717, 1.165) is 5.69 Å². The van der Waals surface area contributed by atoms with E-state index in [9.17, 15) is 4.79 Å². The molecule has 0 bridgehead atoms. The first-order valence-corrected chi connectivity index (χ1v) is 5.26. The maximum absolute atomic E-state index is 12.1. The number of carbonyl (C=O) groups is 1. The molecule has 88 valence electrons. The van der Waals surface area contributed by atoms with Crippen LogP contribution in [-0.2, 0) is 0 Å². The van der Waals surface area contributed by atoms with Crippen molar-refractivity contribution in [3.63, 3.8) is 0 Å². The average Bonchev–Trinajstić information content (AvgIpc) is 2.46. The quantitative estimate of drug-likeness (QED) is 0.797. The molecule has 0 atom stereocenters. The highest BCUT2D eigenvalue weighted by Gasteiger charge is 2.14. The number of hydrogen-bond acceptors (Lipinski definition) is 4. The van der Waals surface area contributed by atoms with Gasteiger partial charge >= 0.3 is 0 Å². The van der Waals surface area contributed by atoms with E-state index >= 15 is 0 Å². The van der Waals surface area contributed by atoms with E-state index in [0.29, 0.717) is 5.56 Å². The average molecular weight is 238 g/mol. The normalized spacial score (nSPS) is 9.56. The standard InChI is InChI=1S/C13H10N4O/c1-17(11-3-5-15-6-4-11)13(18)12-8-10(9-14)2-7-16-12/h2-8H,1H3. The Hall–Kier alpha value is -2.74. The lowest BCUT2D eigenvalue weighted by molar-refractivity contribution is 0.0988. The number of anilines is 1. The van der Waals surface area contributed by atoms with Gasteiger partial charge in [0, 0.05) is 31.3 Å². The number of rotatable bonds is 2. The molecule has 0 N–H and O–H groups in total. The molecule has 0 unspecified atom stereocenters. The van der Waals surface area contributed by atoms with Gasteiger partial charge in [-0.3, -0.25) is 14.8 Å². The predicted octanol–water partition coefficient (Wildman–Crippen LogP) is 1.62. The lowest BCUT2D eigenvalue weighted by atomic mass is 10.2. The Morgan fingerprint density at radius 3 is 2.67 bits per heavy atom. The molecule has 2 rings (SSSR count). The van der Waals surface area contributed by atoms with Crippen LogP contribution >= 0.6 is 0 Å². The summed E-state index contributed by atoms with van der Waals surface area (Å²) >= 11 is 0. The Bertz CT molecular complexity index is 604. The molecule has 0 aromatic carbocycles. The zero-order valence-electron chi connectivity index (χ0n) is 9.74. The summed E-state index contributed by atoms with van der Waals surface area (Å²) in [7, 11) is 1.65. The van der Waals surface area contributed by atoms with E-state index in [-0.39, 0.29) is 11.6 Å². The Balaban J connectivity index is 2.29. The van der Waals surface area contributed by atoms with Crippen molar-refractivity contribution >= 4 is 11.6 Å². The minimum Gasteiger partial charge on any atom is -0.310 e. The Morgan fingerprint density at radius 1 is 1.28 bits per heavy atom. The van der Waals surface area contributed by atoms with Crippen LogP contribution in [0.4, 0.5) is 5.69 Å². The molecule has 0 saturated carbocycles. The minimum atomic E-state index is -0.265. The second kappa shape index (κ2) is 5.06. The maximum Gasteiger partial charge on any atom is 0.276 e. The molecule has 5 nitrogen and oxygen atoms in total. The van der Waals surface area contributed by atoms with Gasteiger partial charge in [0.15, 0.2) is 0 Å². The highest BCUT2D eigenvalue weighted by atomic mass is 16.2. The number of hydrogen-bond donors (Lipinski definition) is 0. The van der Waals surface area contributed by atoms with Gasteiger partial charge in [-0.05, 0) is 24.3 Å². The third kappa shape index (κ3) is 2.33. The number of pyridine rings is 2. The van der Waals surface area contributed by atoms with E-state index < -0.39 is 0 Å². The molecule has 0 spiro atoms. The molecule has 0 saturated heterocycles. The van der Waals surface area contributed by atoms with Crippen LogP contribution in [0.3, 0.4) is 0 Å². The van der Waals surface area contributed by atoms with Crippen LogP contribution in [0.2, 0.25) is 0 Å². The Morgan fingerprint density at radius 2 is 2.00 bits per heavy atom. The van der Waals surface area contributed by atoms with Gasteiger partial charge in [0.25, 0.3) is 5.91 Å². The van der Waals surface area contributed by atoms with Crippen LogP contribution in [0.15, 0.2) is 42.9 Å². The minimum absolute atomic E-state index is 0.244. The van der Waals surface area contributed by atoms with Crippen molar-refractivity contribution in [2.45, 2.75) is 0 Å². The van der Waals surface area contributed by atoms with Gasteiger partial charge in [0.2, 0.25) is 0 Å². The lowest BCUT2D eigenvalue weighted by Crippen LogP contribution is -2.27. The monoisotopic (exact) mass is 238 g/mol. The van der Waals surface area contributed by atoms with E-state index in [4.69, 9.17) is 5.26 Å². The highest BCUT2D eigenvalue weighted by Crippen LogP contribution is 2.13. The number of aromatic nitrogens is 2. The molecular weight excluding hydrogens is 228 g/mol. The fourth-order valence-corrected chi connectivity index (χ4v) is 1.47. The highest BCUT2D eigenvalue weighted by molar-refractivity contribution is 6.04. The van der Waals surface area contributed by atoms with Gasteiger partial charge in [0.1, 0.15) is 5.69 Å². The predicted molar refractivity (Wildman–Crippen MR) is 65.9 cm³/mol. The first-order valence-electron chi connectivity index (χ1n) is 5.26. The summed E-state index contributed by atoms with van der Waals surface area (Å²) in [5, 5.41) is 8.79. The second-order valence-corrected chi connectivity index (χ2v) is 3.61. The summed E-state index contributed by atoms with van der Waals surface area (Å²) in [6.07, 6.45) is 4.67. The molecule has 2 aromatic heterocycles. The third-order valence-electron chi connectivity index (χ3n) is 2.46. The molecule has 2 aromatic rings. The van der Waals surface area contributed by atoms with Crippen LogP contribution in [0.1, 0.15) is 16.1 Å². The van der Waals surface area contributed by atoms with E-state index in [2.05, 4.69) is 9.97 Å². The maximum atomic E-state index is 12.1. The first kappa shape index (κ1) is 11.7. The van der Waals surface area contributed by atoms with Crippen LogP contribution < -0.4 is 4.90 Å². The SMILES string of the molecule is CN(C(=O)c1cc(C#N)ccn1)c1ccncc1. The van der Waals surface area contributed by atoms with Gasteiger partial charge in [0.05, 0.1) is 11.6 Å². The second-order valence-electron chi connectivity index (χ2n) is 3.61. The van der Waals surface area contributed by atoms with Crippen molar-refractivity contribution in [3.05, 3.63) is 54.1 Å². The van der Waals surface area contributed by atoms with Crippen LogP contribution in [-0.4, -0.2) is 22.9 Å². The van der Waals surface area contributed by atoms with Crippen molar-refractivity contribution in [1.82, 2.24) is 9.97 Å². The van der Waals surface area contributed by atoms with Crippen molar-refractivity contribution in [3.8, 4) is 6.07 Å². The first-order chi connectivity index (χ1) is 8.72. The van der Waals surface area contributed by atoms with E-state index in [1.165, 1.54) is 17.2 Å². The van der Waals surface area contributed by atoms with Crippen molar-refractivity contribution in [2.75, 3.05) is 11.9 Å². The molecule has 5 heteroatoms. The van der Waals surface area contributed by atoms with Crippen LogP contribution in [0.5, 0.6) is 0 Å². The van der Waals surface area contributed by atoms with Crippen LogP contribution in [0.25, 0.3) is 0 Å². The summed E-state index contributed by atoms with van der Waals surface area (Å²) in [6.45, 7) is 0. The third-order valence-corrected chi connectivity index (χ3v) is 2.46. The fraction of sp³-hybridized carbons (Fsp3) is 0.0769. The van der Waals surface area contributed by atoms with Crippen LogP contribution in [0, 0.1) is 11.3 Å². The molecule has 18 heavy (non-hydrogen) atoms. The van der Waals surface area contributed by atoms with Crippen molar-refractivity contribution < 1.29 is 4.79 Å². The van der Waals surface area contributed by atoms with Crippen molar-refractivity contribution in [2.24, 2.45) is 0 Å². The van der Waals surface area contributed by atoms with Crippen molar-refractivity contribution in [1.29, 1.82) is 5.26 Å². The van der Waals surface area contributed by atoms with Gasteiger partial charge in [-0.15, -0.1) is 0 Å². The van der Waals surface area contributed by atoms with E-state index in [1.807, 2.05) is 6.07 Å². The van der Waals surface area contributed by atoms with E-state index in [1.54, 1.807) is 37.6 Å². The number of nitriles is 1. The molecule has 0 radical (unpaired) electrons. The summed E-state index contributed by atoms with van der Waals surface area (Å²) in [5.41, 5.74) is 1.38. The smallest absolute Gasteiger partial charge is 0.276 e. The molecule has 2 heterocycles. The van der Waals surface area contributed by atoms with Gasteiger partial charge < -0.3 is 4.90 Å². The van der Waals surface area contributed by atoms with Gasteiger partial charge in [-0.25, -0.2) is 0 Å². The zero-order chi connectivity index (χ0) is 13.0. The van der Waals surface area contributed by atoms with Gasteiger partial charge in [-0.1, -0.05) is 0 Å². The zero-order valence-corrected chi connectivity index (χ0v) is 9.74. The number of carbonyl (C=O) groups excluding carboxylic acids is 1. The lowest BCUT2D eigenvalue weighted by Gasteiger charge is -2.16. The molecule has 1 amide bonds. The fourth-order valence-electron chi connectivity index (χ4n) is 1.47. The van der Waals surface area contributed by atoms with Gasteiger partial charge in [-0.2, -0.15) is 5.26 Å². The summed E-state index contributed by atoms with van der Waals surface area (Å²) < 4.78 is 0.